The van der Waals surface area contributed by atoms with Crippen LogP contribution < -0.4 is 21.7 Å². The van der Waals surface area contributed by atoms with E-state index in [1.54, 1.807) is 97.0 Å². The number of benzene rings is 2. The Balaban J connectivity index is 0.000000310. The van der Waals surface area contributed by atoms with Crippen LogP contribution in [0, 0.1) is 59.2 Å². The summed E-state index contributed by atoms with van der Waals surface area (Å²) < 4.78 is 26.7. The van der Waals surface area contributed by atoms with Crippen molar-refractivity contribution in [3.05, 3.63) is 70.8 Å². The number of nitrogens with one attached hydrogen (secondary N) is 3. The number of aliphatic hydroxyl groups excluding tert-OH is 2. The minimum atomic E-state index is -1.21. The van der Waals surface area contributed by atoms with E-state index in [9.17, 15) is 34.2 Å². The average molecular weight is 937 g/mol. The Hall–Kier alpha value is -6.37. The summed E-state index contributed by atoms with van der Waals surface area (Å²) in [7, 11) is 2.45. The summed E-state index contributed by atoms with van der Waals surface area (Å²) in [6, 6.07) is 11.0. The van der Waals surface area contributed by atoms with Crippen molar-refractivity contribution in [3.8, 4) is 47.4 Å². The third-order valence-electron chi connectivity index (χ3n) is 10.9. The van der Waals surface area contributed by atoms with Gasteiger partial charge in [-0.25, -0.2) is 14.4 Å². The Bertz CT molecular complexity index is 2380. The van der Waals surface area contributed by atoms with Crippen LogP contribution in [0.15, 0.2) is 48.5 Å². The van der Waals surface area contributed by atoms with Crippen molar-refractivity contribution in [1.29, 1.82) is 0 Å². The first-order valence-corrected chi connectivity index (χ1v) is 22.2. The van der Waals surface area contributed by atoms with E-state index in [-0.39, 0.29) is 24.0 Å². The summed E-state index contributed by atoms with van der Waals surface area (Å²) in [5.41, 5.74) is 5.07. The molecule has 1 aliphatic heterocycles. The molecule has 3 amide bonds. The maximum atomic E-state index is 12.9. The number of fused-ring (bicyclic) bond motifs is 1. The van der Waals surface area contributed by atoms with Crippen LogP contribution in [0.1, 0.15) is 120 Å². The second-order valence-electron chi connectivity index (χ2n) is 19.4. The lowest BCUT2D eigenvalue weighted by molar-refractivity contribution is -0.152. The lowest BCUT2D eigenvalue weighted by Gasteiger charge is -2.34. The van der Waals surface area contributed by atoms with Gasteiger partial charge in [0.1, 0.15) is 17.7 Å². The largest absolute Gasteiger partial charge is 0.467 e. The van der Waals surface area contributed by atoms with Gasteiger partial charge in [-0.15, -0.1) is 0 Å². The van der Waals surface area contributed by atoms with E-state index in [4.69, 9.17) is 29.4 Å². The zero-order valence-corrected chi connectivity index (χ0v) is 40.6. The quantitative estimate of drug-likeness (QED) is 0.120. The molecule has 2 aliphatic carbocycles. The molecule has 3 fully saturated rings. The van der Waals surface area contributed by atoms with Crippen LogP contribution in [0.3, 0.4) is 0 Å². The Morgan fingerprint density at radius 1 is 0.662 bits per heavy atom. The minimum absolute atomic E-state index is 0.0603. The van der Waals surface area contributed by atoms with Gasteiger partial charge in [0.2, 0.25) is 0 Å². The molecule has 0 radical (unpaired) electrons. The van der Waals surface area contributed by atoms with Gasteiger partial charge in [-0.05, 0) is 160 Å². The maximum absolute atomic E-state index is 12.9. The zero-order chi connectivity index (χ0) is 50.6. The van der Waals surface area contributed by atoms with E-state index in [0.717, 1.165) is 12.8 Å². The van der Waals surface area contributed by atoms with Gasteiger partial charge in [0, 0.05) is 39.6 Å². The van der Waals surface area contributed by atoms with Crippen LogP contribution in [0.4, 0.5) is 4.79 Å². The van der Waals surface area contributed by atoms with Gasteiger partial charge in [-0.1, -0.05) is 23.7 Å². The Labute approximate surface area is 399 Å². The van der Waals surface area contributed by atoms with Gasteiger partial charge < -0.3 is 55.6 Å². The van der Waals surface area contributed by atoms with Crippen molar-refractivity contribution in [2.24, 2.45) is 17.6 Å². The number of nitrogens with two attached hydrogens (primary N) is 1. The number of alkyl carbamates (subject to hydrolysis) is 1. The summed E-state index contributed by atoms with van der Waals surface area (Å²) in [6.45, 7) is 15.5. The molecule has 68 heavy (non-hydrogen) atoms. The molecule has 2 saturated carbocycles. The number of aliphatic hydroxyl groups is 2. The molecular formula is C52H64N4O12. The molecule has 16 nitrogen and oxygen atoms in total. The van der Waals surface area contributed by atoms with Crippen molar-refractivity contribution in [3.63, 3.8) is 0 Å². The van der Waals surface area contributed by atoms with E-state index < -0.39 is 76.6 Å². The molecule has 2 aromatic rings. The number of hydrogen-bond acceptors (Lipinski definition) is 13. The summed E-state index contributed by atoms with van der Waals surface area (Å²) in [5.74, 6) is 20.5. The van der Waals surface area contributed by atoms with Crippen LogP contribution >= 0.6 is 0 Å². The van der Waals surface area contributed by atoms with Gasteiger partial charge in [-0.2, -0.15) is 0 Å². The minimum Gasteiger partial charge on any atom is -0.467 e. The van der Waals surface area contributed by atoms with E-state index in [1.807, 2.05) is 13.8 Å². The van der Waals surface area contributed by atoms with Gasteiger partial charge in [-0.3, -0.25) is 9.59 Å². The van der Waals surface area contributed by atoms with E-state index in [1.165, 1.54) is 14.2 Å². The number of esters is 2. The average Bonchev–Trinajstić information content (AvgIpc) is 3.88. The molecule has 0 aromatic heterocycles. The smallest absolute Gasteiger partial charge is 0.408 e. The highest BCUT2D eigenvalue weighted by atomic mass is 16.8. The highest BCUT2D eigenvalue weighted by Crippen LogP contribution is 2.40. The monoisotopic (exact) mass is 936 g/mol. The number of carbonyl (C=O) groups is 5. The highest BCUT2D eigenvalue weighted by Gasteiger charge is 2.47. The predicted molar refractivity (Wildman–Crippen MR) is 252 cm³/mol. The molecule has 2 unspecified atom stereocenters. The lowest BCUT2D eigenvalue weighted by atomic mass is 9.94. The summed E-state index contributed by atoms with van der Waals surface area (Å²) in [5, 5.41) is 26.9. The molecule has 16 heteroatoms. The van der Waals surface area contributed by atoms with Crippen molar-refractivity contribution in [2.75, 3.05) is 14.2 Å². The van der Waals surface area contributed by atoms with Crippen molar-refractivity contribution >= 4 is 29.8 Å². The predicted octanol–water partition coefficient (Wildman–Crippen LogP) is 3.73. The summed E-state index contributed by atoms with van der Waals surface area (Å²) >= 11 is 0. The third-order valence-corrected chi connectivity index (χ3v) is 10.9. The standard InChI is InChI=1S/C30H38N2O7.C22H26N2O5/c1-28(2,3)39-27(35)32-29(4,5)24(26(34)36-8)31-25(33)21-15-13-19(14-16-21)11-9-10-12-20-17-22-23(18-20)38-30(6,7)37-22;1-22(2,23)19(21(28)29-3)24-20(27)16-10-8-14(9-11-16)6-4-5-7-15-12-17(25)18(26)13-15/h13-16,20,22-24H,17-18H2,1-8H3,(H,31,33)(H,32,35);8-11,15,17-19,25-26H,12-13,23H2,1-3H3,(H,24,27)/t20?,22-,23+,24-;15?,17-,18+,19-/m11/s1. The molecule has 0 spiro atoms. The fourth-order valence-electron chi connectivity index (χ4n) is 7.47. The Morgan fingerprint density at radius 3 is 1.46 bits per heavy atom. The second kappa shape index (κ2) is 23.1. The molecule has 1 heterocycles. The third kappa shape index (κ3) is 16.4. The van der Waals surface area contributed by atoms with Gasteiger partial charge in [0.15, 0.2) is 5.79 Å². The molecule has 364 valence electrons. The molecular weight excluding hydrogens is 873 g/mol. The van der Waals surface area contributed by atoms with Crippen LogP contribution in [-0.2, 0) is 33.3 Å². The molecule has 0 bridgehead atoms. The van der Waals surface area contributed by atoms with Gasteiger partial charge >= 0.3 is 18.0 Å². The molecule has 1 saturated heterocycles. The zero-order valence-electron chi connectivity index (χ0n) is 40.6. The second-order valence-corrected chi connectivity index (χ2v) is 19.4. The number of ether oxygens (including phenoxy) is 5. The lowest BCUT2D eigenvalue weighted by Crippen LogP contribution is -2.62. The topological polar surface area (TPSA) is 234 Å². The fourth-order valence-corrected chi connectivity index (χ4v) is 7.47. The first-order valence-electron chi connectivity index (χ1n) is 22.2. The number of rotatable bonds is 9. The van der Waals surface area contributed by atoms with E-state index in [0.29, 0.717) is 35.1 Å². The van der Waals surface area contributed by atoms with E-state index >= 15 is 0 Å². The van der Waals surface area contributed by atoms with Crippen LogP contribution in [0.2, 0.25) is 0 Å². The van der Waals surface area contributed by atoms with Crippen LogP contribution in [0.5, 0.6) is 0 Å². The van der Waals surface area contributed by atoms with E-state index in [2.05, 4.69) is 63.3 Å². The molecule has 7 N–H and O–H groups in total. The normalized spacial score (nSPS) is 22.0. The fraction of sp³-hybridized carbons (Fsp3) is 0.519. The van der Waals surface area contributed by atoms with Crippen molar-refractivity contribution < 1.29 is 57.9 Å². The summed E-state index contributed by atoms with van der Waals surface area (Å²) in [6.07, 6.45) is 0.591. The molecule has 2 aromatic carbocycles. The number of methoxy groups -OCH3 is 2. The van der Waals surface area contributed by atoms with Crippen LogP contribution in [0.25, 0.3) is 0 Å². The molecule has 5 rings (SSSR count). The first kappa shape index (κ1) is 54.2. The highest BCUT2D eigenvalue weighted by molar-refractivity contribution is 5.98. The van der Waals surface area contributed by atoms with Crippen molar-refractivity contribution in [1.82, 2.24) is 16.0 Å². The molecule has 8 atom stereocenters. The Morgan fingerprint density at radius 2 is 1.06 bits per heavy atom. The first-order chi connectivity index (χ1) is 31.7. The maximum Gasteiger partial charge on any atom is 0.408 e. The van der Waals surface area contributed by atoms with Gasteiger partial charge in [0.05, 0.1) is 44.2 Å². The Kier molecular flexibility index (Phi) is 18.4. The number of hydrogen-bond donors (Lipinski definition) is 6. The SMILES string of the molecule is COC(=O)[C@@H](NC(=O)c1ccc(C#CC#CC2C[C@@H](O)[C@@H](O)C2)cc1)C(C)(C)N.COC(=O)[C@@H](NC(=O)c1ccc(C#CC#CC2C[C@@H]3OC(C)(C)O[C@@H]3C2)cc1)C(C)(C)NC(=O)OC(C)(C)C. The number of amides is 3. The van der Waals surface area contributed by atoms with Gasteiger partial charge in [0.25, 0.3) is 11.8 Å². The summed E-state index contributed by atoms with van der Waals surface area (Å²) in [4.78, 5) is 62.0. The number of carbonyl (C=O) groups excluding carboxylic acids is 5. The molecule has 3 aliphatic rings. The van der Waals surface area contributed by atoms with Crippen LogP contribution in [-0.4, -0.2) is 113 Å². The van der Waals surface area contributed by atoms with Crippen molar-refractivity contribution in [2.45, 2.75) is 147 Å².